The van der Waals surface area contributed by atoms with Crippen LogP contribution in [0.5, 0.6) is 0 Å². The van der Waals surface area contributed by atoms with Crippen molar-refractivity contribution in [2.45, 2.75) is 26.2 Å². The van der Waals surface area contributed by atoms with Gasteiger partial charge in [-0.25, -0.2) is 5.48 Å². The molecule has 0 radical (unpaired) electrons. The maximum atomic E-state index is 11.0. The van der Waals surface area contributed by atoms with Gasteiger partial charge in [-0.2, -0.15) is 0 Å². The highest BCUT2D eigenvalue weighted by Gasteiger charge is 2.33. The molecular weight excluding hydrogens is 172 g/mol. The lowest BCUT2D eigenvalue weighted by Gasteiger charge is -2.32. The number of rotatable bonds is 2. The van der Waals surface area contributed by atoms with E-state index in [1.54, 1.807) is 5.48 Å². The van der Waals surface area contributed by atoms with E-state index in [4.69, 9.17) is 5.21 Å². The second kappa shape index (κ2) is 3.74. The zero-order valence-corrected chi connectivity index (χ0v) is 7.59. The average molecular weight is 186 g/mol. The Morgan fingerprint density at radius 2 is 2.46 bits per heavy atom. The molecule has 1 aliphatic heterocycles. The van der Waals surface area contributed by atoms with Crippen molar-refractivity contribution in [3.63, 3.8) is 0 Å². The zero-order valence-electron chi connectivity index (χ0n) is 7.59. The van der Waals surface area contributed by atoms with Crippen LogP contribution in [0.3, 0.4) is 0 Å². The van der Waals surface area contributed by atoms with E-state index in [2.05, 4.69) is 5.32 Å². The highest BCUT2D eigenvalue weighted by atomic mass is 16.5. The Morgan fingerprint density at radius 1 is 1.77 bits per heavy atom. The fourth-order valence-corrected chi connectivity index (χ4v) is 1.62. The molecule has 74 valence electrons. The minimum atomic E-state index is -0.433. The summed E-state index contributed by atoms with van der Waals surface area (Å²) in [7, 11) is 0. The number of carbonyl (C=O) groups excluding carboxylic acids is 2. The molecule has 1 rings (SSSR count). The van der Waals surface area contributed by atoms with E-state index in [0.29, 0.717) is 13.0 Å². The molecule has 1 atom stereocenters. The van der Waals surface area contributed by atoms with E-state index < -0.39 is 5.91 Å². The van der Waals surface area contributed by atoms with Crippen LogP contribution < -0.4 is 10.8 Å². The monoisotopic (exact) mass is 186 g/mol. The lowest BCUT2D eigenvalue weighted by molar-refractivity contribution is -0.133. The maximum Gasteiger partial charge on any atom is 0.243 e. The smallest absolute Gasteiger partial charge is 0.243 e. The third kappa shape index (κ3) is 2.69. The SMILES string of the molecule is CC1(CC(=O)NO)CCNC(=O)C1. The van der Waals surface area contributed by atoms with E-state index in [1.165, 1.54) is 0 Å². The van der Waals surface area contributed by atoms with E-state index in [-0.39, 0.29) is 17.7 Å². The van der Waals surface area contributed by atoms with Crippen molar-refractivity contribution in [2.24, 2.45) is 5.41 Å². The Kier molecular flexibility index (Phi) is 2.87. The molecule has 1 saturated heterocycles. The van der Waals surface area contributed by atoms with Crippen molar-refractivity contribution in [1.29, 1.82) is 0 Å². The van der Waals surface area contributed by atoms with Gasteiger partial charge in [0.2, 0.25) is 11.8 Å². The molecule has 5 heteroatoms. The molecule has 0 aromatic heterocycles. The van der Waals surface area contributed by atoms with Gasteiger partial charge in [0.05, 0.1) is 0 Å². The van der Waals surface area contributed by atoms with Gasteiger partial charge in [0.15, 0.2) is 0 Å². The van der Waals surface area contributed by atoms with Crippen LogP contribution in [0.15, 0.2) is 0 Å². The van der Waals surface area contributed by atoms with Crippen molar-refractivity contribution in [1.82, 2.24) is 10.8 Å². The molecule has 1 heterocycles. The predicted octanol–water partition coefficient (Wildman–Crippen LogP) is -0.202. The summed E-state index contributed by atoms with van der Waals surface area (Å²) in [6.07, 6.45) is 1.31. The zero-order chi connectivity index (χ0) is 9.90. The van der Waals surface area contributed by atoms with Gasteiger partial charge in [-0.05, 0) is 11.8 Å². The molecule has 0 aromatic carbocycles. The predicted molar refractivity (Wildman–Crippen MR) is 44.9 cm³/mol. The van der Waals surface area contributed by atoms with Crippen LogP contribution in [-0.2, 0) is 9.59 Å². The second-order valence-electron chi connectivity index (χ2n) is 3.80. The first-order valence-electron chi connectivity index (χ1n) is 4.25. The minimum absolute atomic E-state index is 0.0283. The van der Waals surface area contributed by atoms with E-state index >= 15 is 0 Å². The Bertz CT molecular complexity index is 229. The van der Waals surface area contributed by atoms with Gasteiger partial charge in [0.1, 0.15) is 0 Å². The highest BCUT2D eigenvalue weighted by Crippen LogP contribution is 2.31. The highest BCUT2D eigenvalue weighted by molar-refractivity contribution is 5.80. The van der Waals surface area contributed by atoms with Crippen molar-refractivity contribution < 1.29 is 14.8 Å². The first-order valence-corrected chi connectivity index (χ1v) is 4.25. The Morgan fingerprint density at radius 3 is 3.00 bits per heavy atom. The molecule has 0 aromatic rings. The summed E-state index contributed by atoms with van der Waals surface area (Å²) in [6.45, 7) is 2.48. The summed E-state index contributed by atoms with van der Waals surface area (Å²) >= 11 is 0. The molecule has 5 nitrogen and oxygen atoms in total. The molecule has 1 fully saturated rings. The van der Waals surface area contributed by atoms with Crippen LogP contribution in [0.1, 0.15) is 26.2 Å². The first kappa shape index (κ1) is 9.98. The maximum absolute atomic E-state index is 11.0. The van der Waals surface area contributed by atoms with E-state index in [0.717, 1.165) is 6.42 Å². The third-order valence-electron chi connectivity index (χ3n) is 2.35. The van der Waals surface area contributed by atoms with Gasteiger partial charge >= 0.3 is 0 Å². The van der Waals surface area contributed by atoms with Crippen molar-refractivity contribution >= 4 is 11.8 Å². The largest absolute Gasteiger partial charge is 0.356 e. The number of amides is 2. The Hall–Kier alpha value is -1.10. The van der Waals surface area contributed by atoms with Crippen LogP contribution >= 0.6 is 0 Å². The average Bonchev–Trinajstić information content (AvgIpc) is 2.02. The Labute approximate surface area is 76.5 Å². The van der Waals surface area contributed by atoms with Gasteiger partial charge in [-0.15, -0.1) is 0 Å². The number of piperidine rings is 1. The normalized spacial score (nSPS) is 28.0. The van der Waals surface area contributed by atoms with Crippen molar-refractivity contribution in [2.75, 3.05) is 6.54 Å². The molecule has 0 spiro atoms. The van der Waals surface area contributed by atoms with E-state index in [1.807, 2.05) is 6.92 Å². The Balaban J connectivity index is 2.53. The number of hydrogen-bond acceptors (Lipinski definition) is 3. The van der Waals surface area contributed by atoms with Gasteiger partial charge in [0.25, 0.3) is 0 Å². The molecule has 2 amide bonds. The number of carbonyl (C=O) groups is 2. The summed E-state index contributed by atoms with van der Waals surface area (Å²) in [5, 5.41) is 11.0. The summed E-state index contributed by atoms with van der Waals surface area (Å²) in [5.41, 5.74) is 1.27. The molecule has 0 aliphatic carbocycles. The number of hydroxylamine groups is 1. The quantitative estimate of drug-likeness (QED) is 0.412. The number of nitrogens with one attached hydrogen (secondary N) is 2. The first-order chi connectivity index (χ1) is 6.06. The van der Waals surface area contributed by atoms with Crippen LogP contribution in [-0.4, -0.2) is 23.6 Å². The van der Waals surface area contributed by atoms with E-state index in [9.17, 15) is 9.59 Å². The fourth-order valence-electron chi connectivity index (χ4n) is 1.62. The second-order valence-corrected chi connectivity index (χ2v) is 3.80. The van der Waals surface area contributed by atoms with Crippen LogP contribution in [0, 0.1) is 5.41 Å². The molecule has 13 heavy (non-hydrogen) atoms. The standard InChI is InChI=1S/C8H14N2O3/c1-8(5-7(12)10-13)2-3-9-6(11)4-8/h13H,2-5H2,1H3,(H,9,11)(H,10,12). The third-order valence-corrected chi connectivity index (χ3v) is 2.35. The molecule has 0 bridgehead atoms. The molecular formula is C8H14N2O3. The molecule has 1 aliphatic rings. The topological polar surface area (TPSA) is 78.4 Å². The van der Waals surface area contributed by atoms with Crippen molar-refractivity contribution in [3.8, 4) is 0 Å². The van der Waals surface area contributed by atoms with Gasteiger partial charge in [-0.1, -0.05) is 6.92 Å². The number of hydrogen-bond donors (Lipinski definition) is 3. The van der Waals surface area contributed by atoms with Gasteiger partial charge < -0.3 is 5.32 Å². The fraction of sp³-hybridized carbons (Fsp3) is 0.750. The summed E-state index contributed by atoms with van der Waals surface area (Å²) in [5.74, 6) is -0.461. The van der Waals surface area contributed by atoms with Crippen LogP contribution in [0.2, 0.25) is 0 Å². The molecule has 3 N–H and O–H groups in total. The lowest BCUT2D eigenvalue weighted by atomic mass is 9.78. The summed E-state index contributed by atoms with van der Waals surface area (Å²) in [6, 6.07) is 0. The molecule has 1 unspecified atom stereocenters. The minimum Gasteiger partial charge on any atom is -0.356 e. The van der Waals surface area contributed by atoms with Crippen LogP contribution in [0.4, 0.5) is 0 Å². The van der Waals surface area contributed by atoms with Crippen molar-refractivity contribution in [3.05, 3.63) is 0 Å². The van der Waals surface area contributed by atoms with Crippen LogP contribution in [0.25, 0.3) is 0 Å². The lowest BCUT2D eigenvalue weighted by Crippen LogP contribution is -2.41. The van der Waals surface area contributed by atoms with Gasteiger partial charge in [0, 0.05) is 19.4 Å². The summed E-state index contributed by atoms with van der Waals surface area (Å²) in [4.78, 5) is 21.9. The summed E-state index contributed by atoms with van der Waals surface area (Å²) < 4.78 is 0. The molecule has 0 saturated carbocycles. The van der Waals surface area contributed by atoms with Gasteiger partial charge in [-0.3, -0.25) is 14.8 Å².